The van der Waals surface area contributed by atoms with Crippen LogP contribution in [0.4, 0.5) is 0 Å². The van der Waals surface area contributed by atoms with Crippen molar-refractivity contribution < 1.29 is 9.59 Å². The van der Waals surface area contributed by atoms with Crippen LogP contribution in [0.3, 0.4) is 0 Å². The van der Waals surface area contributed by atoms with E-state index in [1.807, 2.05) is 92.7 Å². The number of carbonyl (C=O) groups is 2. The maximum atomic E-state index is 13.9. The topological polar surface area (TPSA) is 49.4 Å². The fourth-order valence-corrected chi connectivity index (χ4v) is 4.67. The molecular weight excluding hydrogens is 456 g/mol. The Hall–Kier alpha value is -3.92. The normalized spacial score (nSPS) is 12.6. The molecule has 4 heteroatoms. The smallest absolute Gasteiger partial charge is 0.243 e. The molecule has 4 aromatic rings. The highest BCUT2D eigenvalue weighted by molar-refractivity contribution is 5.89. The lowest BCUT2D eigenvalue weighted by molar-refractivity contribution is -0.141. The summed E-state index contributed by atoms with van der Waals surface area (Å²) in [6, 6.07) is 33.8. The number of hydrogen-bond acceptors (Lipinski definition) is 2. The molecule has 2 atom stereocenters. The molecule has 190 valence electrons. The van der Waals surface area contributed by atoms with Gasteiger partial charge in [-0.05, 0) is 47.2 Å². The fraction of sp³-hybridized carbons (Fsp3) is 0.273. The molecule has 4 nitrogen and oxygen atoms in total. The first-order valence-electron chi connectivity index (χ1n) is 13.2. The molecule has 0 bridgehead atoms. The summed E-state index contributed by atoms with van der Waals surface area (Å²) in [5.41, 5.74) is 3.19. The average molecular weight is 493 g/mol. The summed E-state index contributed by atoms with van der Waals surface area (Å²) in [7, 11) is 0. The molecule has 0 aliphatic rings. The Bertz CT molecular complexity index is 1300. The molecule has 0 saturated carbocycles. The minimum absolute atomic E-state index is 0.0166. The predicted molar refractivity (Wildman–Crippen MR) is 151 cm³/mol. The second kappa shape index (κ2) is 12.9. The molecule has 1 N–H and O–H groups in total. The summed E-state index contributed by atoms with van der Waals surface area (Å²) in [4.78, 5) is 29.3. The van der Waals surface area contributed by atoms with E-state index in [2.05, 4.69) is 29.6 Å². The van der Waals surface area contributed by atoms with Crippen LogP contribution in [0.5, 0.6) is 0 Å². The van der Waals surface area contributed by atoms with E-state index in [9.17, 15) is 9.59 Å². The molecule has 0 aliphatic carbocycles. The molecular formula is C33H36N2O2. The first-order valence-corrected chi connectivity index (χ1v) is 13.2. The van der Waals surface area contributed by atoms with Gasteiger partial charge in [-0.15, -0.1) is 0 Å². The van der Waals surface area contributed by atoms with Crippen LogP contribution in [-0.4, -0.2) is 28.8 Å². The third kappa shape index (κ3) is 7.07. The zero-order chi connectivity index (χ0) is 26.0. The number of benzene rings is 4. The molecule has 0 aliphatic heterocycles. The zero-order valence-electron chi connectivity index (χ0n) is 21.8. The number of nitrogens with zero attached hydrogens (tertiary/aromatic N) is 1. The Kier molecular flexibility index (Phi) is 9.09. The average Bonchev–Trinajstić information content (AvgIpc) is 2.94. The first kappa shape index (κ1) is 26.2. The SMILES string of the molecule is CC[C@H](C)NC(=O)[C@@H](Cc1ccccc1)N(Cc1ccccc1)C(=O)CCc1cccc2ccccc12. The van der Waals surface area contributed by atoms with Gasteiger partial charge in [-0.25, -0.2) is 0 Å². The van der Waals surface area contributed by atoms with E-state index in [1.165, 1.54) is 10.8 Å². The van der Waals surface area contributed by atoms with Crippen molar-refractivity contribution in [2.75, 3.05) is 0 Å². The number of carbonyl (C=O) groups excluding carboxylic acids is 2. The van der Waals surface area contributed by atoms with Crippen LogP contribution in [0.25, 0.3) is 10.8 Å². The second-order valence-corrected chi connectivity index (χ2v) is 9.67. The minimum atomic E-state index is -0.600. The second-order valence-electron chi connectivity index (χ2n) is 9.67. The van der Waals surface area contributed by atoms with Gasteiger partial charge in [0, 0.05) is 25.4 Å². The molecule has 0 heterocycles. The van der Waals surface area contributed by atoms with E-state index in [0.717, 1.165) is 23.1 Å². The Balaban J connectivity index is 1.63. The summed E-state index contributed by atoms with van der Waals surface area (Å²) in [5.74, 6) is -0.121. The minimum Gasteiger partial charge on any atom is -0.352 e. The summed E-state index contributed by atoms with van der Waals surface area (Å²) in [6.07, 6.45) is 2.26. The lowest BCUT2D eigenvalue weighted by Gasteiger charge is -2.32. The maximum Gasteiger partial charge on any atom is 0.243 e. The van der Waals surface area contributed by atoms with Crippen LogP contribution in [0.15, 0.2) is 103 Å². The lowest BCUT2D eigenvalue weighted by Crippen LogP contribution is -2.52. The molecule has 0 radical (unpaired) electrons. The summed E-state index contributed by atoms with van der Waals surface area (Å²) >= 11 is 0. The highest BCUT2D eigenvalue weighted by Gasteiger charge is 2.30. The molecule has 0 spiro atoms. The van der Waals surface area contributed by atoms with Crippen molar-refractivity contribution in [3.63, 3.8) is 0 Å². The van der Waals surface area contributed by atoms with Gasteiger partial charge in [-0.3, -0.25) is 9.59 Å². The van der Waals surface area contributed by atoms with E-state index in [4.69, 9.17) is 0 Å². The van der Waals surface area contributed by atoms with Crippen LogP contribution < -0.4 is 5.32 Å². The molecule has 0 fully saturated rings. The number of aryl methyl sites for hydroxylation is 1. The Morgan fingerprint density at radius 1 is 0.784 bits per heavy atom. The summed E-state index contributed by atoms with van der Waals surface area (Å²) in [6.45, 7) is 4.44. The van der Waals surface area contributed by atoms with Crippen LogP contribution in [0.2, 0.25) is 0 Å². The van der Waals surface area contributed by atoms with Crippen LogP contribution in [0, 0.1) is 0 Å². The van der Waals surface area contributed by atoms with E-state index in [0.29, 0.717) is 25.8 Å². The Labute approximate surface area is 220 Å². The quantitative estimate of drug-likeness (QED) is 0.266. The Morgan fingerprint density at radius 2 is 1.41 bits per heavy atom. The van der Waals surface area contributed by atoms with Crippen molar-refractivity contribution in [1.29, 1.82) is 0 Å². The van der Waals surface area contributed by atoms with Crippen LogP contribution in [0.1, 0.15) is 43.4 Å². The predicted octanol–water partition coefficient (Wildman–Crippen LogP) is 6.33. The molecule has 2 amide bonds. The molecule has 0 aromatic heterocycles. The first-order chi connectivity index (χ1) is 18.0. The molecule has 4 aromatic carbocycles. The van der Waals surface area contributed by atoms with Gasteiger partial charge in [-0.2, -0.15) is 0 Å². The maximum absolute atomic E-state index is 13.9. The van der Waals surface area contributed by atoms with Gasteiger partial charge in [0.15, 0.2) is 0 Å². The molecule has 0 unspecified atom stereocenters. The van der Waals surface area contributed by atoms with Gasteiger partial charge < -0.3 is 10.2 Å². The van der Waals surface area contributed by atoms with E-state index < -0.39 is 6.04 Å². The van der Waals surface area contributed by atoms with Gasteiger partial charge in [0.1, 0.15) is 6.04 Å². The van der Waals surface area contributed by atoms with Gasteiger partial charge in [0.2, 0.25) is 11.8 Å². The number of fused-ring (bicyclic) bond motifs is 1. The van der Waals surface area contributed by atoms with Crippen molar-refractivity contribution in [1.82, 2.24) is 10.2 Å². The zero-order valence-corrected chi connectivity index (χ0v) is 21.8. The largest absolute Gasteiger partial charge is 0.352 e. The number of hydrogen-bond donors (Lipinski definition) is 1. The Morgan fingerprint density at radius 3 is 2.11 bits per heavy atom. The van der Waals surface area contributed by atoms with Crippen LogP contribution in [-0.2, 0) is 29.0 Å². The standard InChI is InChI=1S/C33H36N2O2/c1-3-25(2)34-33(37)31(23-26-13-6-4-7-14-26)35(24-27-15-8-5-9-16-27)32(36)22-21-29-19-12-18-28-17-10-11-20-30(28)29/h4-20,25,31H,3,21-24H2,1-2H3,(H,34,37)/t25-,31+/m0/s1. The number of nitrogens with one attached hydrogen (secondary N) is 1. The molecule has 37 heavy (non-hydrogen) atoms. The fourth-order valence-electron chi connectivity index (χ4n) is 4.67. The lowest BCUT2D eigenvalue weighted by atomic mass is 9.99. The van der Waals surface area contributed by atoms with Crippen molar-refractivity contribution in [2.24, 2.45) is 0 Å². The van der Waals surface area contributed by atoms with Crippen molar-refractivity contribution in [3.05, 3.63) is 120 Å². The van der Waals surface area contributed by atoms with E-state index in [-0.39, 0.29) is 17.9 Å². The highest BCUT2D eigenvalue weighted by Crippen LogP contribution is 2.22. The summed E-state index contributed by atoms with van der Waals surface area (Å²) in [5, 5.41) is 5.48. The van der Waals surface area contributed by atoms with Crippen LogP contribution >= 0.6 is 0 Å². The summed E-state index contributed by atoms with van der Waals surface area (Å²) < 4.78 is 0. The highest BCUT2D eigenvalue weighted by atomic mass is 16.2. The number of rotatable bonds is 11. The third-order valence-corrected chi connectivity index (χ3v) is 6.96. The van der Waals surface area contributed by atoms with Gasteiger partial charge in [0.25, 0.3) is 0 Å². The monoisotopic (exact) mass is 492 g/mol. The van der Waals surface area contributed by atoms with E-state index in [1.54, 1.807) is 4.90 Å². The molecule has 4 rings (SSSR count). The van der Waals surface area contributed by atoms with Crippen molar-refractivity contribution >= 4 is 22.6 Å². The van der Waals surface area contributed by atoms with Gasteiger partial charge in [0.05, 0.1) is 0 Å². The third-order valence-electron chi connectivity index (χ3n) is 6.96. The van der Waals surface area contributed by atoms with E-state index >= 15 is 0 Å². The molecule has 0 saturated heterocycles. The van der Waals surface area contributed by atoms with Gasteiger partial charge >= 0.3 is 0 Å². The van der Waals surface area contributed by atoms with Gasteiger partial charge in [-0.1, -0.05) is 110 Å². The number of amides is 2. The van der Waals surface area contributed by atoms with Crippen molar-refractivity contribution in [2.45, 2.75) is 58.2 Å². The van der Waals surface area contributed by atoms with Crippen molar-refractivity contribution in [3.8, 4) is 0 Å².